The summed E-state index contributed by atoms with van der Waals surface area (Å²) in [5.74, 6) is 1.49. The van der Waals surface area contributed by atoms with E-state index >= 15 is 0 Å². The van der Waals surface area contributed by atoms with Crippen molar-refractivity contribution in [3.8, 4) is 0 Å². The number of hydrogen-bond acceptors (Lipinski definition) is 3. The summed E-state index contributed by atoms with van der Waals surface area (Å²) in [4.78, 5) is 0. The van der Waals surface area contributed by atoms with Crippen molar-refractivity contribution in [1.29, 1.82) is 0 Å². The Morgan fingerprint density at radius 3 is 2.25 bits per heavy atom. The van der Waals surface area contributed by atoms with Crippen LogP contribution < -0.4 is 0 Å². The zero-order chi connectivity index (χ0) is 12.0. The zero-order valence-electron chi connectivity index (χ0n) is 10.8. The van der Waals surface area contributed by atoms with E-state index in [2.05, 4.69) is 6.92 Å². The maximum absolute atomic E-state index is 12.2. The highest BCUT2D eigenvalue weighted by atomic mass is 31.2. The Kier molecular flexibility index (Phi) is 6.02. The fourth-order valence-corrected chi connectivity index (χ4v) is 4.30. The molecular formula is C12H25O3P. The van der Waals surface area contributed by atoms with Crippen molar-refractivity contribution in [1.82, 2.24) is 0 Å². The van der Waals surface area contributed by atoms with Gasteiger partial charge in [-0.25, -0.2) is 0 Å². The van der Waals surface area contributed by atoms with Crippen LogP contribution in [-0.4, -0.2) is 19.4 Å². The van der Waals surface area contributed by atoms with Crippen LogP contribution in [0.4, 0.5) is 0 Å². The van der Waals surface area contributed by atoms with Crippen molar-refractivity contribution in [2.24, 2.45) is 11.8 Å². The third kappa shape index (κ3) is 4.20. The maximum Gasteiger partial charge on any atom is 0.330 e. The van der Waals surface area contributed by atoms with Crippen molar-refractivity contribution in [2.75, 3.05) is 19.4 Å². The molecule has 0 aromatic carbocycles. The number of hydrogen-bond donors (Lipinski definition) is 0. The van der Waals surface area contributed by atoms with E-state index < -0.39 is 7.60 Å². The topological polar surface area (TPSA) is 35.5 Å². The number of rotatable bonds is 7. The molecular weight excluding hydrogens is 223 g/mol. The molecule has 96 valence electrons. The first-order valence-electron chi connectivity index (χ1n) is 6.49. The standard InChI is InChI=1S/C12H25O3P/c1-4-14-16(13,15-5-2)10-9-12-8-6-7-11(12)3/h11-12H,4-10H2,1-3H3/t11-,12+/m0/s1. The molecule has 0 aromatic heterocycles. The van der Waals surface area contributed by atoms with Gasteiger partial charge in [-0.3, -0.25) is 4.57 Å². The molecule has 2 atom stereocenters. The Morgan fingerprint density at radius 1 is 1.19 bits per heavy atom. The van der Waals surface area contributed by atoms with E-state index in [1.807, 2.05) is 13.8 Å². The molecule has 1 rings (SSSR count). The molecule has 0 bridgehead atoms. The van der Waals surface area contributed by atoms with Gasteiger partial charge in [0.2, 0.25) is 0 Å². The van der Waals surface area contributed by atoms with Crippen molar-refractivity contribution >= 4 is 7.60 Å². The molecule has 1 fully saturated rings. The van der Waals surface area contributed by atoms with Gasteiger partial charge in [0.05, 0.1) is 19.4 Å². The van der Waals surface area contributed by atoms with Crippen molar-refractivity contribution in [2.45, 2.75) is 46.5 Å². The van der Waals surface area contributed by atoms with Gasteiger partial charge in [-0.1, -0.05) is 26.2 Å². The largest absolute Gasteiger partial charge is 0.330 e. The summed E-state index contributed by atoms with van der Waals surface area (Å²) in [6.45, 7) is 6.96. The fourth-order valence-electron chi connectivity index (χ4n) is 2.53. The van der Waals surface area contributed by atoms with Gasteiger partial charge in [0.25, 0.3) is 0 Å². The molecule has 0 heterocycles. The fraction of sp³-hybridized carbons (Fsp3) is 1.00. The lowest BCUT2D eigenvalue weighted by atomic mass is 9.96. The van der Waals surface area contributed by atoms with Gasteiger partial charge < -0.3 is 9.05 Å². The molecule has 0 aromatic rings. The van der Waals surface area contributed by atoms with E-state index in [1.165, 1.54) is 19.3 Å². The Balaban J connectivity index is 2.40. The average Bonchev–Trinajstić information content (AvgIpc) is 2.62. The van der Waals surface area contributed by atoms with Crippen LogP contribution in [0.25, 0.3) is 0 Å². The molecule has 3 nitrogen and oxygen atoms in total. The SMILES string of the molecule is CCOP(=O)(CC[C@H]1CCC[C@@H]1C)OCC. The monoisotopic (exact) mass is 248 g/mol. The summed E-state index contributed by atoms with van der Waals surface area (Å²) in [6, 6.07) is 0. The van der Waals surface area contributed by atoms with E-state index in [-0.39, 0.29) is 0 Å². The van der Waals surface area contributed by atoms with Crippen LogP contribution in [0, 0.1) is 11.8 Å². The van der Waals surface area contributed by atoms with Crippen LogP contribution in [-0.2, 0) is 13.6 Å². The molecule has 0 unspecified atom stereocenters. The van der Waals surface area contributed by atoms with Gasteiger partial charge in [0, 0.05) is 0 Å². The Bertz CT molecular complexity index is 232. The molecule has 0 radical (unpaired) electrons. The summed E-state index contributed by atoms with van der Waals surface area (Å²) in [5, 5.41) is 0. The lowest BCUT2D eigenvalue weighted by molar-refractivity contribution is 0.217. The highest BCUT2D eigenvalue weighted by Gasteiger charge is 2.29. The van der Waals surface area contributed by atoms with Crippen LogP contribution in [0.1, 0.15) is 46.5 Å². The van der Waals surface area contributed by atoms with Crippen LogP contribution in [0.5, 0.6) is 0 Å². The van der Waals surface area contributed by atoms with E-state index in [0.29, 0.717) is 25.3 Å². The van der Waals surface area contributed by atoms with Gasteiger partial charge in [0.15, 0.2) is 0 Å². The van der Waals surface area contributed by atoms with Gasteiger partial charge in [0.1, 0.15) is 0 Å². The van der Waals surface area contributed by atoms with Crippen LogP contribution in [0.2, 0.25) is 0 Å². The lowest BCUT2D eigenvalue weighted by Crippen LogP contribution is -2.08. The summed E-state index contributed by atoms with van der Waals surface area (Å²) in [5.41, 5.74) is 0. The molecule has 0 N–H and O–H groups in total. The predicted octanol–water partition coefficient (Wildman–Crippen LogP) is 4.08. The Labute approximate surface area is 99.4 Å². The molecule has 0 amide bonds. The summed E-state index contributed by atoms with van der Waals surface area (Å²) >= 11 is 0. The van der Waals surface area contributed by atoms with E-state index in [4.69, 9.17) is 9.05 Å². The second-order valence-electron chi connectivity index (χ2n) is 4.63. The average molecular weight is 248 g/mol. The molecule has 1 aliphatic rings. The third-order valence-corrected chi connectivity index (χ3v) is 5.57. The minimum atomic E-state index is -2.80. The second-order valence-corrected chi connectivity index (χ2v) is 6.81. The van der Waals surface area contributed by atoms with Crippen LogP contribution >= 0.6 is 7.60 Å². The zero-order valence-corrected chi connectivity index (χ0v) is 11.7. The van der Waals surface area contributed by atoms with Crippen LogP contribution in [0.3, 0.4) is 0 Å². The van der Waals surface area contributed by atoms with Gasteiger partial charge in [-0.05, 0) is 32.1 Å². The highest BCUT2D eigenvalue weighted by Crippen LogP contribution is 2.50. The first kappa shape index (κ1) is 14.2. The lowest BCUT2D eigenvalue weighted by Gasteiger charge is -2.20. The van der Waals surface area contributed by atoms with E-state index in [0.717, 1.165) is 12.3 Å². The van der Waals surface area contributed by atoms with Gasteiger partial charge in [-0.15, -0.1) is 0 Å². The summed E-state index contributed by atoms with van der Waals surface area (Å²) in [7, 11) is -2.80. The molecule has 0 spiro atoms. The van der Waals surface area contributed by atoms with E-state index in [1.54, 1.807) is 0 Å². The third-order valence-electron chi connectivity index (χ3n) is 3.46. The quantitative estimate of drug-likeness (QED) is 0.637. The first-order valence-corrected chi connectivity index (χ1v) is 8.22. The highest BCUT2D eigenvalue weighted by molar-refractivity contribution is 7.53. The van der Waals surface area contributed by atoms with Crippen LogP contribution in [0.15, 0.2) is 0 Å². The molecule has 4 heteroatoms. The Morgan fingerprint density at radius 2 is 1.81 bits per heavy atom. The minimum absolute atomic E-state index is 0.470. The van der Waals surface area contributed by atoms with Gasteiger partial charge >= 0.3 is 7.60 Å². The van der Waals surface area contributed by atoms with Crippen molar-refractivity contribution in [3.63, 3.8) is 0 Å². The first-order chi connectivity index (χ1) is 7.61. The summed E-state index contributed by atoms with van der Waals surface area (Å²) < 4.78 is 22.8. The minimum Gasteiger partial charge on any atom is -0.309 e. The maximum atomic E-state index is 12.2. The molecule has 0 saturated heterocycles. The normalized spacial score (nSPS) is 26.2. The predicted molar refractivity (Wildman–Crippen MR) is 66.8 cm³/mol. The second kappa shape index (κ2) is 6.78. The van der Waals surface area contributed by atoms with Crippen molar-refractivity contribution < 1.29 is 13.6 Å². The molecule has 1 aliphatic carbocycles. The van der Waals surface area contributed by atoms with Gasteiger partial charge in [-0.2, -0.15) is 0 Å². The smallest absolute Gasteiger partial charge is 0.309 e. The van der Waals surface area contributed by atoms with E-state index in [9.17, 15) is 4.57 Å². The summed E-state index contributed by atoms with van der Waals surface area (Å²) in [6.07, 6.45) is 5.49. The van der Waals surface area contributed by atoms with Crippen molar-refractivity contribution in [3.05, 3.63) is 0 Å². The molecule has 0 aliphatic heterocycles. The molecule has 1 saturated carbocycles. The molecule has 16 heavy (non-hydrogen) atoms. The Hall–Kier alpha value is 0.150.